The molecule has 0 radical (unpaired) electrons. The second-order valence-corrected chi connectivity index (χ2v) is 6.54. The van der Waals surface area contributed by atoms with Gasteiger partial charge in [-0.2, -0.15) is 0 Å². The zero-order valence-electron chi connectivity index (χ0n) is 13.8. The van der Waals surface area contributed by atoms with Crippen LogP contribution < -0.4 is 15.8 Å². The van der Waals surface area contributed by atoms with Crippen molar-refractivity contribution in [2.75, 3.05) is 6.54 Å². The molecular weight excluding hydrogens is 359 g/mol. The molecule has 1 fully saturated rings. The van der Waals surface area contributed by atoms with Gasteiger partial charge in [-0.05, 0) is 54.7 Å². The van der Waals surface area contributed by atoms with Crippen LogP contribution >= 0.6 is 24.0 Å². The number of benzene rings is 2. The van der Waals surface area contributed by atoms with Crippen molar-refractivity contribution in [1.82, 2.24) is 5.32 Å². The number of hydrogen-bond donors (Lipinski definition) is 2. The van der Waals surface area contributed by atoms with E-state index in [-0.39, 0.29) is 24.4 Å². The molecule has 0 aromatic heterocycles. The second kappa shape index (κ2) is 9.09. The third-order valence-electron chi connectivity index (χ3n) is 4.15. The zero-order valence-corrected chi connectivity index (χ0v) is 15.4. The Bertz CT molecular complexity index is 720. The first-order valence-corrected chi connectivity index (χ1v) is 8.52. The Morgan fingerprint density at radius 2 is 2.00 bits per heavy atom. The maximum atomic E-state index is 12.4. The van der Waals surface area contributed by atoms with Gasteiger partial charge >= 0.3 is 0 Å². The van der Waals surface area contributed by atoms with E-state index < -0.39 is 0 Å². The molecule has 0 bridgehead atoms. The molecule has 134 valence electrons. The SMILES string of the molecule is Cl.NCC(NC(=O)c1cccc(OCc2cccc(Cl)c2)c1)C1CC1. The minimum atomic E-state index is -0.106. The molecule has 1 atom stereocenters. The zero-order chi connectivity index (χ0) is 16.9. The quantitative estimate of drug-likeness (QED) is 0.767. The summed E-state index contributed by atoms with van der Waals surface area (Å²) in [5, 5.41) is 3.69. The van der Waals surface area contributed by atoms with E-state index in [4.69, 9.17) is 22.1 Å². The lowest BCUT2D eigenvalue weighted by Crippen LogP contribution is -2.41. The highest BCUT2D eigenvalue weighted by atomic mass is 35.5. The number of hydrogen-bond acceptors (Lipinski definition) is 3. The topological polar surface area (TPSA) is 64.3 Å². The van der Waals surface area contributed by atoms with Crippen LogP contribution in [0.2, 0.25) is 5.02 Å². The molecule has 2 aromatic rings. The third kappa shape index (κ3) is 5.63. The lowest BCUT2D eigenvalue weighted by atomic mass is 10.1. The lowest BCUT2D eigenvalue weighted by Gasteiger charge is -2.16. The Labute approximate surface area is 159 Å². The number of nitrogens with two attached hydrogens (primary N) is 1. The van der Waals surface area contributed by atoms with Crippen molar-refractivity contribution in [2.45, 2.75) is 25.5 Å². The number of carbonyl (C=O) groups excluding carboxylic acids is 1. The van der Waals surface area contributed by atoms with Gasteiger partial charge in [0.1, 0.15) is 12.4 Å². The molecule has 25 heavy (non-hydrogen) atoms. The van der Waals surface area contributed by atoms with Gasteiger partial charge in [0, 0.05) is 23.2 Å². The largest absolute Gasteiger partial charge is 0.489 e. The highest BCUT2D eigenvalue weighted by Crippen LogP contribution is 2.32. The Hall–Kier alpha value is -1.75. The van der Waals surface area contributed by atoms with Crippen LogP contribution in [0, 0.1) is 5.92 Å². The summed E-state index contributed by atoms with van der Waals surface area (Å²) in [4.78, 5) is 12.4. The summed E-state index contributed by atoms with van der Waals surface area (Å²) in [5.41, 5.74) is 7.31. The summed E-state index contributed by atoms with van der Waals surface area (Å²) >= 11 is 5.97. The third-order valence-corrected chi connectivity index (χ3v) is 4.39. The van der Waals surface area contributed by atoms with E-state index in [1.54, 1.807) is 12.1 Å². The van der Waals surface area contributed by atoms with Crippen LogP contribution in [0.15, 0.2) is 48.5 Å². The van der Waals surface area contributed by atoms with E-state index in [1.807, 2.05) is 36.4 Å². The monoisotopic (exact) mass is 380 g/mol. The average molecular weight is 381 g/mol. The molecule has 3 N–H and O–H groups in total. The Kier molecular flexibility index (Phi) is 7.12. The predicted molar refractivity (Wildman–Crippen MR) is 103 cm³/mol. The Morgan fingerprint density at radius 3 is 2.68 bits per heavy atom. The van der Waals surface area contributed by atoms with Gasteiger partial charge < -0.3 is 15.8 Å². The highest BCUT2D eigenvalue weighted by molar-refractivity contribution is 6.30. The van der Waals surface area contributed by atoms with Crippen molar-refractivity contribution in [1.29, 1.82) is 0 Å². The van der Waals surface area contributed by atoms with E-state index in [0.29, 0.717) is 35.4 Å². The summed E-state index contributed by atoms with van der Waals surface area (Å²) in [6.45, 7) is 0.875. The molecular formula is C19H22Cl2N2O2. The fraction of sp³-hybridized carbons (Fsp3) is 0.316. The van der Waals surface area contributed by atoms with Gasteiger partial charge in [0.2, 0.25) is 0 Å². The van der Waals surface area contributed by atoms with Crippen molar-refractivity contribution < 1.29 is 9.53 Å². The first-order chi connectivity index (χ1) is 11.7. The fourth-order valence-corrected chi connectivity index (χ4v) is 2.85. The molecule has 0 heterocycles. The van der Waals surface area contributed by atoms with Gasteiger partial charge in [0.25, 0.3) is 5.91 Å². The molecule has 0 aliphatic heterocycles. The van der Waals surface area contributed by atoms with Crippen LogP contribution in [0.3, 0.4) is 0 Å². The number of amides is 1. The molecule has 3 rings (SSSR count). The van der Waals surface area contributed by atoms with E-state index in [1.165, 1.54) is 0 Å². The van der Waals surface area contributed by atoms with Crippen LogP contribution in [-0.2, 0) is 6.61 Å². The van der Waals surface area contributed by atoms with Crippen LogP contribution in [0.25, 0.3) is 0 Å². The molecule has 0 saturated heterocycles. The van der Waals surface area contributed by atoms with Crippen LogP contribution in [0.5, 0.6) is 5.75 Å². The molecule has 2 aromatic carbocycles. The summed E-state index contributed by atoms with van der Waals surface area (Å²) in [5.74, 6) is 1.07. The normalized spacial score (nSPS) is 14.3. The van der Waals surface area contributed by atoms with Crippen molar-refractivity contribution >= 4 is 29.9 Å². The molecule has 1 aliphatic carbocycles. The maximum absolute atomic E-state index is 12.4. The molecule has 4 nitrogen and oxygen atoms in total. The van der Waals surface area contributed by atoms with Crippen molar-refractivity contribution in [2.24, 2.45) is 11.7 Å². The first-order valence-electron chi connectivity index (χ1n) is 8.14. The smallest absolute Gasteiger partial charge is 0.251 e. The average Bonchev–Trinajstić information content (AvgIpc) is 3.43. The van der Waals surface area contributed by atoms with Crippen molar-refractivity contribution in [3.05, 3.63) is 64.7 Å². The molecule has 1 aliphatic rings. The molecule has 0 spiro atoms. The molecule has 6 heteroatoms. The standard InChI is InChI=1S/C19H21ClN2O2.ClH/c20-16-5-1-3-13(9-16)12-24-17-6-2-4-15(10-17)19(23)22-18(11-21)14-7-8-14;/h1-6,9-10,14,18H,7-8,11-12,21H2,(H,22,23);1H. The minimum absolute atomic E-state index is 0. The molecule has 1 saturated carbocycles. The second-order valence-electron chi connectivity index (χ2n) is 6.10. The van der Waals surface area contributed by atoms with Gasteiger partial charge in [-0.15, -0.1) is 12.4 Å². The van der Waals surface area contributed by atoms with E-state index >= 15 is 0 Å². The van der Waals surface area contributed by atoms with Gasteiger partial charge in [0.05, 0.1) is 0 Å². The fourth-order valence-electron chi connectivity index (χ4n) is 2.64. The summed E-state index contributed by atoms with van der Waals surface area (Å²) in [7, 11) is 0. The van der Waals surface area contributed by atoms with Gasteiger partial charge in [-0.1, -0.05) is 29.8 Å². The van der Waals surface area contributed by atoms with Gasteiger partial charge in [-0.25, -0.2) is 0 Å². The lowest BCUT2D eigenvalue weighted by molar-refractivity contribution is 0.0933. The maximum Gasteiger partial charge on any atom is 0.251 e. The number of carbonyl (C=O) groups is 1. The van der Waals surface area contributed by atoms with E-state index in [9.17, 15) is 4.79 Å². The van der Waals surface area contributed by atoms with Crippen molar-refractivity contribution in [3.8, 4) is 5.75 Å². The summed E-state index contributed by atoms with van der Waals surface area (Å²) < 4.78 is 5.77. The summed E-state index contributed by atoms with van der Waals surface area (Å²) in [6, 6.07) is 14.8. The minimum Gasteiger partial charge on any atom is -0.489 e. The van der Waals surface area contributed by atoms with Crippen LogP contribution in [0.4, 0.5) is 0 Å². The van der Waals surface area contributed by atoms with Gasteiger partial charge in [0.15, 0.2) is 0 Å². The first kappa shape index (κ1) is 19.6. The predicted octanol–water partition coefficient (Wildman–Crippen LogP) is 3.81. The molecule has 1 amide bonds. The number of halogens is 2. The van der Waals surface area contributed by atoms with E-state index in [0.717, 1.165) is 18.4 Å². The van der Waals surface area contributed by atoms with Crippen molar-refractivity contribution in [3.63, 3.8) is 0 Å². The Balaban J connectivity index is 0.00000225. The number of ether oxygens (including phenoxy) is 1. The number of rotatable bonds is 7. The highest BCUT2D eigenvalue weighted by Gasteiger charge is 2.31. The van der Waals surface area contributed by atoms with Crippen LogP contribution in [0.1, 0.15) is 28.8 Å². The van der Waals surface area contributed by atoms with Gasteiger partial charge in [-0.3, -0.25) is 4.79 Å². The summed E-state index contributed by atoms with van der Waals surface area (Å²) in [6.07, 6.45) is 2.29. The van der Waals surface area contributed by atoms with Crippen LogP contribution in [-0.4, -0.2) is 18.5 Å². The van der Waals surface area contributed by atoms with E-state index in [2.05, 4.69) is 5.32 Å². The molecule has 1 unspecified atom stereocenters. The number of nitrogens with one attached hydrogen (secondary N) is 1. The Morgan fingerprint density at radius 1 is 1.24 bits per heavy atom.